The number of methoxy groups -OCH3 is 1. The van der Waals surface area contributed by atoms with Gasteiger partial charge >= 0.3 is 5.97 Å². The highest BCUT2D eigenvalue weighted by molar-refractivity contribution is 9.10. The first-order valence-electron chi connectivity index (χ1n) is 8.30. The van der Waals surface area contributed by atoms with Crippen molar-refractivity contribution in [3.05, 3.63) is 50.5 Å². The molecule has 5 nitrogen and oxygen atoms in total. The van der Waals surface area contributed by atoms with Gasteiger partial charge in [-0.05, 0) is 55.5 Å². The van der Waals surface area contributed by atoms with Gasteiger partial charge in [0.15, 0.2) is 5.76 Å². The lowest BCUT2D eigenvalue weighted by Gasteiger charge is -2.11. The second kappa shape index (κ2) is 6.89. The summed E-state index contributed by atoms with van der Waals surface area (Å²) in [6, 6.07) is 7.25. The average molecular weight is 434 g/mol. The Labute approximate surface area is 162 Å². The van der Waals surface area contributed by atoms with E-state index in [2.05, 4.69) is 21.2 Å². The molecule has 7 heteroatoms. The number of carbonyl (C=O) groups is 2. The fourth-order valence-corrected chi connectivity index (χ4v) is 4.91. The number of carbonyl (C=O) groups excluding carboxylic acids is 2. The summed E-state index contributed by atoms with van der Waals surface area (Å²) in [6.45, 7) is 0. The van der Waals surface area contributed by atoms with E-state index in [4.69, 9.17) is 9.15 Å². The zero-order valence-corrected chi connectivity index (χ0v) is 16.5. The summed E-state index contributed by atoms with van der Waals surface area (Å²) in [5.41, 5.74) is 2.13. The molecule has 0 atom stereocenters. The van der Waals surface area contributed by atoms with Crippen molar-refractivity contribution in [2.75, 3.05) is 12.4 Å². The van der Waals surface area contributed by atoms with Crippen LogP contribution in [0.3, 0.4) is 0 Å². The lowest BCUT2D eigenvalue weighted by atomic mass is 9.95. The summed E-state index contributed by atoms with van der Waals surface area (Å²) < 4.78 is 11.5. The molecule has 2 aromatic heterocycles. The number of hydrogen-bond donors (Lipinski definition) is 1. The fourth-order valence-electron chi connectivity index (χ4n) is 3.26. The molecule has 1 N–H and O–H groups in total. The van der Waals surface area contributed by atoms with Gasteiger partial charge in [-0.1, -0.05) is 15.9 Å². The molecule has 0 spiro atoms. The molecule has 0 aliphatic heterocycles. The quantitative estimate of drug-likeness (QED) is 0.578. The second-order valence-electron chi connectivity index (χ2n) is 6.15. The maximum atomic E-state index is 12.7. The maximum Gasteiger partial charge on any atom is 0.341 e. The molecule has 1 aromatic carbocycles. The Bertz CT molecular complexity index is 1020. The molecule has 134 valence electrons. The van der Waals surface area contributed by atoms with Gasteiger partial charge in [0.2, 0.25) is 0 Å². The average Bonchev–Trinajstić information content (AvgIpc) is 3.21. The molecule has 1 amide bonds. The Morgan fingerprint density at radius 2 is 2.04 bits per heavy atom. The van der Waals surface area contributed by atoms with Crippen LogP contribution in [-0.2, 0) is 17.6 Å². The highest BCUT2D eigenvalue weighted by atomic mass is 79.9. The van der Waals surface area contributed by atoms with Gasteiger partial charge in [0, 0.05) is 14.7 Å². The summed E-state index contributed by atoms with van der Waals surface area (Å²) in [5, 5.41) is 4.22. The molecular weight excluding hydrogens is 418 g/mol. The molecule has 0 saturated heterocycles. The molecule has 0 bridgehead atoms. The number of esters is 1. The van der Waals surface area contributed by atoms with Crippen LogP contribution in [0.5, 0.6) is 0 Å². The zero-order chi connectivity index (χ0) is 18.3. The molecule has 3 aromatic rings. The SMILES string of the molecule is COC(=O)c1c(NC(=O)c2cc3cc(Br)ccc3o2)sc2c1CCCC2. The molecular formula is C19H16BrNO4S. The van der Waals surface area contributed by atoms with E-state index in [1.54, 1.807) is 12.1 Å². The van der Waals surface area contributed by atoms with Gasteiger partial charge in [-0.25, -0.2) is 4.79 Å². The summed E-state index contributed by atoms with van der Waals surface area (Å²) in [7, 11) is 1.36. The van der Waals surface area contributed by atoms with E-state index in [9.17, 15) is 9.59 Å². The third kappa shape index (κ3) is 3.05. The molecule has 0 radical (unpaired) electrons. The predicted molar refractivity (Wildman–Crippen MR) is 104 cm³/mol. The largest absolute Gasteiger partial charge is 0.465 e. The van der Waals surface area contributed by atoms with E-state index >= 15 is 0 Å². The van der Waals surface area contributed by atoms with Crippen molar-refractivity contribution in [3.8, 4) is 0 Å². The van der Waals surface area contributed by atoms with Crippen LogP contribution in [0.25, 0.3) is 11.0 Å². The molecule has 0 fully saturated rings. The van der Waals surface area contributed by atoms with E-state index in [1.807, 2.05) is 12.1 Å². The molecule has 2 heterocycles. The minimum atomic E-state index is -0.409. The first-order chi connectivity index (χ1) is 12.6. The molecule has 0 saturated carbocycles. The van der Waals surface area contributed by atoms with Crippen LogP contribution < -0.4 is 5.32 Å². The summed E-state index contributed by atoms with van der Waals surface area (Å²) >= 11 is 4.86. The van der Waals surface area contributed by atoms with Crippen molar-refractivity contribution in [2.45, 2.75) is 25.7 Å². The number of furan rings is 1. The smallest absolute Gasteiger partial charge is 0.341 e. The van der Waals surface area contributed by atoms with Crippen molar-refractivity contribution in [2.24, 2.45) is 0 Å². The number of benzene rings is 1. The van der Waals surface area contributed by atoms with E-state index in [-0.39, 0.29) is 11.7 Å². The van der Waals surface area contributed by atoms with E-state index in [0.29, 0.717) is 16.1 Å². The third-order valence-corrected chi connectivity index (χ3v) is 6.19. The molecule has 4 rings (SSSR count). The maximum absolute atomic E-state index is 12.7. The van der Waals surface area contributed by atoms with Crippen LogP contribution in [-0.4, -0.2) is 19.0 Å². The van der Waals surface area contributed by atoms with Gasteiger partial charge in [-0.3, -0.25) is 4.79 Å². The van der Waals surface area contributed by atoms with Crippen molar-refractivity contribution in [1.82, 2.24) is 0 Å². The second-order valence-corrected chi connectivity index (χ2v) is 8.17. The molecule has 1 aliphatic rings. The Kier molecular flexibility index (Phi) is 4.58. The van der Waals surface area contributed by atoms with Gasteiger partial charge in [0.05, 0.1) is 12.7 Å². The van der Waals surface area contributed by atoms with E-state index in [0.717, 1.165) is 46.0 Å². The van der Waals surface area contributed by atoms with Gasteiger partial charge in [0.1, 0.15) is 10.6 Å². The molecule has 26 heavy (non-hydrogen) atoms. The standard InChI is InChI=1S/C19H16BrNO4S/c1-24-19(23)16-12-4-2-3-5-15(12)26-18(16)21-17(22)14-9-10-8-11(20)6-7-13(10)25-14/h6-9H,2-5H2,1H3,(H,21,22). The third-order valence-electron chi connectivity index (χ3n) is 4.49. The summed E-state index contributed by atoms with van der Waals surface area (Å²) in [6.07, 6.45) is 3.91. The lowest BCUT2D eigenvalue weighted by molar-refractivity contribution is 0.0601. The fraction of sp³-hybridized carbons (Fsp3) is 0.263. The lowest BCUT2D eigenvalue weighted by Crippen LogP contribution is -2.14. The predicted octanol–water partition coefficient (Wildman–Crippen LogP) is 5.17. The summed E-state index contributed by atoms with van der Waals surface area (Å²) in [5.74, 6) is -0.574. The Balaban J connectivity index is 1.68. The van der Waals surface area contributed by atoms with Crippen LogP contribution in [0.2, 0.25) is 0 Å². The van der Waals surface area contributed by atoms with Gasteiger partial charge < -0.3 is 14.5 Å². The first kappa shape index (κ1) is 17.3. The Morgan fingerprint density at radius 1 is 1.23 bits per heavy atom. The van der Waals surface area contributed by atoms with E-state index < -0.39 is 5.97 Å². The van der Waals surface area contributed by atoms with Gasteiger partial charge in [0.25, 0.3) is 5.91 Å². The Hall–Kier alpha value is -2.12. The van der Waals surface area contributed by atoms with Crippen LogP contribution in [0.1, 0.15) is 44.2 Å². The van der Waals surface area contributed by atoms with Crippen molar-refractivity contribution < 1.29 is 18.7 Å². The van der Waals surface area contributed by atoms with Crippen LogP contribution in [0, 0.1) is 0 Å². The number of thiophene rings is 1. The number of hydrogen-bond acceptors (Lipinski definition) is 5. The number of aryl methyl sites for hydroxylation is 1. The van der Waals surface area contributed by atoms with Crippen LogP contribution in [0.15, 0.2) is 33.2 Å². The number of halogens is 1. The zero-order valence-electron chi connectivity index (χ0n) is 14.1. The minimum Gasteiger partial charge on any atom is -0.465 e. The topological polar surface area (TPSA) is 68.5 Å². The highest BCUT2D eigenvalue weighted by Gasteiger charge is 2.27. The minimum absolute atomic E-state index is 0.209. The van der Waals surface area contributed by atoms with Crippen molar-refractivity contribution in [1.29, 1.82) is 0 Å². The number of ether oxygens (including phenoxy) is 1. The number of amides is 1. The normalized spacial score (nSPS) is 13.5. The van der Waals surface area contributed by atoms with Gasteiger partial charge in [-0.15, -0.1) is 11.3 Å². The number of anilines is 1. The number of nitrogens with one attached hydrogen (secondary N) is 1. The summed E-state index contributed by atoms with van der Waals surface area (Å²) in [4.78, 5) is 26.1. The number of rotatable bonds is 3. The molecule has 1 aliphatic carbocycles. The highest BCUT2D eigenvalue weighted by Crippen LogP contribution is 2.39. The van der Waals surface area contributed by atoms with E-state index in [1.165, 1.54) is 18.4 Å². The van der Waals surface area contributed by atoms with Crippen LogP contribution >= 0.6 is 27.3 Å². The molecule has 0 unspecified atom stereocenters. The van der Waals surface area contributed by atoms with Crippen molar-refractivity contribution >= 4 is 55.1 Å². The number of fused-ring (bicyclic) bond motifs is 2. The van der Waals surface area contributed by atoms with Crippen molar-refractivity contribution in [3.63, 3.8) is 0 Å². The monoisotopic (exact) mass is 433 g/mol. The first-order valence-corrected chi connectivity index (χ1v) is 9.91. The Morgan fingerprint density at radius 3 is 2.85 bits per heavy atom. The van der Waals surface area contributed by atoms with Crippen LogP contribution in [0.4, 0.5) is 5.00 Å². The van der Waals surface area contributed by atoms with Gasteiger partial charge in [-0.2, -0.15) is 0 Å².